The Morgan fingerprint density at radius 2 is 1.83 bits per heavy atom. The molecule has 1 fully saturated rings. The lowest BCUT2D eigenvalue weighted by atomic mass is 9.92. The van der Waals surface area contributed by atoms with E-state index in [-0.39, 0.29) is 6.54 Å². The van der Waals surface area contributed by atoms with E-state index in [9.17, 15) is 22.8 Å². The Labute approximate surface area is 166 Å². The number of alkyl halides is 3. The molecule has 2 aromatic carbocycles. The van der Waals surface area contributed by atoms with Gasteiger partial charge in [-0.25, -0.2) is 9.78 Å². The lowest BCUT2D eigenvalue weighted by Crippen LogP contribution is -2.40. The zero-order chi connectivity index (χ0) is 20.8. The molecule has 0 bridgehead atoms. The second-order valence-corrected chi connectivity index (χ2v) is 7.71. The van der Waals surface area contributed by atoms with Gasteiger partial charge in [0, 0.05) is 0 Å². The number of halogens is 3. The van der Waals surface area contributed by atoms with E-state index in [1.807, 2.05) is 24.3 Å². The minimum Gasteiger partial charge on any atom is -0.406 e. The number of nitrogens with one attached hydrogen (secondary N) is 1. The minimum absolute atomic E-state index is 0.00880. The Balaban J connectivity index is 1.56. The Morgan fingerprint density at radius 3 is 2.48 bits per heavy atom. The number of aromatic nitrogens is 1. The zero-order valence-corrected chi connectivity index (χ0v) is 15.8. The van der Waals surface area contributed by atoms with Crippen LogP contribution in [0, 0.1) is 0 Å². The lowest BCUT2D eigenvalue weighted by Gasteiger charge is -2.22. The van der Waals surface area contributed by atoms with E-state index in [1.165, 1.54) is 30.4 Å². The Bertz CT molecular complexity index is 1060. The third-order valence-corrected chi connectivity index (χ3v) is 5.59. The first-order valence-electron chi connectivity index (χ1n) is 8.50. The molecular weight excluding hydrogens is 407 g/mol. The van der Waals surface area contributed by atoms with Crippen LogP contribution < -0.4 is 10.1 Å². The van der Waals surface area contributed by atoms with Gasteiger partial charge in [-0.15, -0.1) is 24.5 Å². The van der Waals surface area contributed by atoms with Gasteiger partial charge in [-0.1, -0.05) is 24.3 Å². The molecule has 1 aliphatic rings. The smallest absolute Gasteiger partial charge is 0.406 e. The van der Waals surface area contributed by atoms with Gasteiger partial charge in [0.05, 0.1) is 16.8 Å². The van der Waals surface area contributed by atoms with Crippen molar-refractivity contribution in [3.8, 4) is 5.75 Å². The molecule has 10 heteroatoms. The lowest BCUT2D eigenvalue weighted by molar-refractivity contribution is -0.274. The molecule has 3 amide bonds. The Kier molecular flexibility index (Phi) is 4.45. The maximum absolute atomic E-state index is 13.0. The van der Waals surface area contributed by atoms with E-state index >= 15 is 0 Å². The molecule has 0 aliphatic carbocycles. The van der Waals surface area contributed by atoms with Crippen LogP contribution in [-0.2, 0) is 16.9 Å². The van der Waals surface area contributed by atoms with Crippen LogP contribution in [0.5, 0.6) is 5.75 Å². The van der Waals surface area contributed by atoms with Crippen molar-refractivity contribution < 1.29 is 27.5 Å². The summed E-state index contributed by atoms with van der Waals surface area (Å²) in [6.45, 7) is 1.51. The molecule has 29 heavy (non-hydrogen) atoms. The van der Waals surface area contributed by atoms with E-state index in [0.29, 0.717) is 10.6 Å². The highest BCUT2D eigenvalue weighted by Crippen LogP contribution is 2.33. The van der Waals surface area contributed by atoms with Crippen LogP contribution in [0.2, 0.25) is 0 Å². The molecule has 1 aliphatic heterocycles. The Morgan fingerprint density at radius 1 is 1.14 bits per heavy atom. The summed E-state index contributed by atoms with van der Waals surface area (Å²) in [5, 5.41) is 3.22. The van der Waals surface area contributed by atoms with Crippen LogP contribution in [-0.4, -0.2) is 28.2 Å². The fourth-order valence-corrected chi connectivity index (χ4v) is 4.11. The van der Waals surface area contributed by atoms with Crippen LogP contribution >= 0.6 is 11.3 Å². The van der Waals surface area contributed by atoms with E-state index < -0.39 is 29.6 Å². The van der Waals surface area contributed by atoms with Gasteiger partial charge in [0.2, 0.25) is 0 Å². The summed E-state index contributed by atoms with van der Waals surface area (Å²) < 4.78 is 41.7. The molecule has 4 rings (SSSR count). The highest BCUT2D eigenvalue weighted by molar-refractivity contribution is 7.18. The van der Waals surface area contributed by atoms with Gasteiger partial charge in [-0.3, -0.25) is 9.69 Å². The second-order valence-electron chi connectivity index (χ2n) is 6.59. The number of hydrogen-bond acceptors (Lipinski definition) is 5. The molecule has 0 spiro atoms. The monoisotopic (exact) mass is 421 g/mol. The zero-order valence-electron chi connectivity index (χ0n) is 15.0. The molecule has 6 nitrogen and oxygen atoms in total. The first kappa shape index (κ1) is 19.2. The van der Waals surface area contributed by atoms with Crippen molar-refractivity contribution in [3.05, 3.63) is 59.1 Å². The number of hydrogen-bond donors (Lipinski definition) is 1. The molecule has 1 N–H and O–H groups in total. The summed E-state index contributed by atoms with van der Waals surface area (Å²) in [7, 11) is 0. The standard InChI is InChI=1S/C19H14F3N3O3S/c1-18(11-6-8-12(9-7-11)28-19(20,21)22)16(26)25(17(27)24-18)10-15-23-13-4-2-3-5-14(13)29-15/h2-9H,10H2,1H3,(H,24,27). The first-order valence-corrected chi connectivity index (χ1v) is 9.32. The van der Waals surface area contributed by atoms with Crippen molar-refractivity contribution in [2.24, 2.45) is 0 Å². The summed E-state index contributed by atoms with van der Waals surface area (Å²) in [4.78, 5) is 30.9. The number of thiazole rings is 1. The van der Waals surface area contributed by atoms with Gasteiger partial charge >= 0.3 is 12.4 Å². The maximum Gasteiger partial charge on any atom is 0.573 e. The number of amides is 3. The number of urea groups is 1. The van der Waals surface area contributed by atoms with E-state index in [2.05, 4.69) is 15.0 Å². The van der Waals surface area contributed by atoms with Crippen molar-refractivity contribution in [1.82, 2.24) is 15.2 Å². The molecule has 2 heterocycles. The number of nitrogens with zero attached hydrogens (tertiary/aromatic N) is 2. The van der Waals surface area contributed by atoms with Crippen molar-refractivity contribution in [1.29, 1.82) is 0 Å². The molecular formula is C19H14F3N3O3S. The topological polar surface area (TPSA) is 71.5 Å². The van der Waals surface area contributed by atoms with Gasteiger partial charge in [0.15, 0.2) is 0 Å². The molecule has 1 aromatic heterocycles. The van der Waals surface area contributed by atoms with Crippen molar-refractivity contribution in [3.63, 3.8) is 0 Å². The molecule has 150 valence electrons. The summed E-state index contributed by atoms with van der Waals surface area (Å²) in [6, 6.07) is 11.7. The third-order valence-electron chi connectivity index (χ3n) is 4.57. The van der Waals surface area contributed by atoms with Crippen LogP contribution in [0.15, 0.2) is 48.5 Å². The quantitative estimate of drug-likeness (QED) is 0.642. The summed E-state index contributed by atoms with van der Waals surface area (Å²) in [5.41, 5.74) is -0.274. The van der Waals surface area contributed by atoms with Crippen LogP contribution in [0.4, 0.5) is 18.0 Å². The van der Waals surface area contributed by atoms with E-state index in [4.69, 9.17) is 0 Å². The van der Waals surface area contributed by atoms with Gasteiger partial charge in [-0.05, 0) is 36.8 Å². The summed E-state index contributed by atoms with van der Waals surface area (Å²) in [5.74, 6) is -0.917. The molecule has 0 saturated carbocycles. The maximum atomic E-state index is 13.0. The van der Waals surface area contributed by atoms with Crippen LogP contribution in [0.3, 0.4) is 0 Å². The van der Waals surface area contributed by atoms with Gasteiger partial charge in [0.1, 0.15) is 16.3 Å². The Hall–Kier alpha value is -3.14. The number of benzene rings is 2. The van der Waals surface area contributed by atoms with Gasteiger partial charge in [-0.2, -0.15) is 0 Å². The average molecular weight is 421 g/mol. The highest BCUT2D eigenvalue weighted by Gasteiger charge is 2.49. The number of carbonyl (C=O) groups excluding carboxylic acids is 2. The summed E-state index contributed by atoms with van der Waals surface area (Å²) in [6.07, 6.45) is -4.81. The van der Waals surface area contributed by atoms with Crippen LogP contribution in [0.25, 0.3) is 10.2 Å². The van der Waals surface area contributed by atoms with Gasteiger partial charge < -0.3 is 10.1 Å². The molecule has 1 atom stereocenters. The molecule has 3 aromatic rings. The highest BCUT2D eigenvalue weighted by atomic mass is 32.1. The van der Waals surface area contributed by atoms with Crippen LogP contribution in [0.1, 0.15) is 17.5 Å². The summed E-state index contributed by atoms with van der Waals surface area (Å²) >= 11 is 1.38. The number of rotatable bonds is 4. The first-order chi connectivity index (χ1) is 13.7. The van der Waals surface area contributed by atoms with E-state index in [1.54, 1.807) is 0 Å². The fraction of sp³-hybridized carbons (Fsp3) is 0.211. The van der Waals surface area contributed by atoms with Crippen molar-refractivity contribution >= 4 is 33.5 Å². The fourth-order valence-electron chi connectivity index (χ4n) is 3.15. The molecule has 0 radical (unpaired) electrons. The predicted molar refractivity (Wildman–Crippen MR) is 99.2 cm³/mol. The average Bonchev–Trinajstić information content (AvgIpc) is 3.15. The third kappa shape index (κ3) is 3.63. The van der Waals surface area contributed by atoms with Gasteiger partial charge in [0.25, 0.3) is 5.91 Å². The van der Waals surface area contributed by atoms with Crippen molar-refractivity contribution in [2.75, 3.05) is 0 Å². The number of fused-ring (bicyclic) bond motifs is 1. The number of carbonyl (C=O) groups is 2. The SMILES string of the molecule is CC1(c2ccc(OC(F)(F)F)cc2)NC(=O)N(Cc2nc3ccccc3s2)C1=O. The largest absolute Gasteiger partial charge is 0.573 e. The predicted octanol–water partition coefficient (Wildman–Crippen LogP) is 4.16. The number of para-hydroxylation sites is 1. The molecule has 1 saturated heterocycles. The normalized spacial score (nSPS) is 19.7. The van der Waals surface area contributed by atoms with E-state index in [0.717, 1.165) is 27.2 Å². The second kappa shape index (κ2) is 6.73. The minimum atomic E-state index is -4.81. The number of ether oxygens (including phenoxy) is 1. The molecule has 1 unspecified atom stereocenters. The number of imide groups is 1. The van der Waals surface area contributed by atoms with Crippen molar-refractivity contribution in [2.45, 2.75) is 25.4 Å².